The van der Waals surface area contributed by atoms with Gasteiger partial charge in [0.15, 0.2) is 5.82 Å². The molecule has 0 radical (unpaired) electrons. The highest BCUT2D eigenvalue weighted by Gasteiger charge is 2.28. The normalized spacial score (nSPS) is 13.8. The van der Waals surface area contributed by atoms with E-state index in [0.717, 1.165) is 34.4 Å². The maximum Gasteiger partial charge on any atom is 0.255 e. The van der Waals surface area contributed by atoms with Crippen molar-refractivity contribution >= 4 is 33.1 Å². The van der Waals surface area contributed by atoms with E-state index in [9.17, 15) is 4.79 Å². The van der Waals surface area contributed by atoms with Gasteiger partial charge in [0.1, 0.15) is 0 Å². The van der Waals surface area contributed by atoms with Gasteiger partial charge < -0.3 is 5.32 Å². The van der Waals surface area contributed by atoms with Crippen molar-refractivity contribution in [3.05, 3.63) is 53.5 Å². The Bertz CT molecular complexity index is 1110. The van der Waals surface area contributed by atoms with E-state index in [0.29, 0.717) is 17.3 Å². The molecule has 128 valence electrons. The summed E-state index contributed by atoms with van der Waals surface area (Å²) in [6, 6.07) is 13.5. The molecule has 1 aliphatic carbocycles. The number of carbonyl (C=O) groups is 1. The highest BCUT2D eigenvalue weighted by atomic mass is 32.1. The Morgan fingerprint density at radius 3 is 3.00 bits per heavy atom. The summed E-state index contributed by atoms with van der Waals surface area (Å²) < 4.78 is 2.86. The van der Waals surface area contributed by atoms with E-state index in [-0.39, 0.29) is 5.91 Å². The van der Waals surface area contributed by atoms with Gasteiger partial charge in [-0.3, -0.25) is 4.79 Å². The summed E-state index contributed by atoms with van der Waals surface area (Å²) in [5.74, 6) is 0.578. The van der Waals surface area contributed by atoms with Gasteiger partial charge in [-0.2, -0.15) is 0 Å². The number of anilines is 1. The van der Waals surface area contributed by atoms with Gasteiger partial charge in [0.25, 0.3) is 5.91 Å². The third-order valence-corrected chi connectivity index (χ3v) is 5.15. The van der Waals surface area contributed by atoms with Gasteiger partial charge in [0.2, 0.25) is 0 Å². The second-order valence-electron chi connectivity index (χ2n) is 6.25. The standard InChI is InChI=1S/C18H14N6OS/c25-18(12-4-7-15-16(9-12)26-10-19-15)20-13-3-1-2-11(8-13)17-21-22-23-24(17)14-5-6-14/h1-4,7-10,14H,5-6H2,(H,20,25). The number of benzene rings is 2. The van der Waals surface area contributed by atoms with Crippen LogP contribution in [0.2, 0.25) is 0 Å². The molecule has 1 fully saturated rings. The third kappa shape index (κ3) is 2.74. The Morgan fingerprint density at radius 2 is 2.12 bits per heavy atom. The molecule has 1 amide bonds. The number of nitrogens with zero attached hydrogens (tertiary/aromatic N) is 5. The van der Waals surface area contributed by atoms with Crippen LogP contribution in [-0.2, 0) is 0 Å². The Kier molecular flexibility index (Phi) is 3.49. The van der Waals surface area contributed by atoms with E-state index in [4.69, 9.17) is 0 Å². The molecule has 2 aromatic heterocycles. The van der Waals surface area contributed by atoms with Crippen molar-refractivity contribution in [2.75, 3.05) is 5.32 Å². The van der Waals surface area contributed by atoms with Crippen molar-refractivity contribution in [1.82, 2.24) is 25.2 Å². The Balaban J connectivity index is 1.41. The van der Waals surface area contributed by atoms with Gasteiger partial charge >= 0.3 is 0 Å². The van der Waals surface area contributed by atoms with Gasteiger partial charge in [-0.25, -0.2) is 9.67 Å². The van der Waals surface area contributed by atoms with Crippen LogP contribution in [0.3, 0.4) is 0 Å². The molecule has 5 rings (SSSR count). The summed E-state index contributed by atoms with van der Waals surface area (Å²) in [5, 5.41) is 15.0. The minimum atomic E-state index is -0.153. The Labute approximate surface area is 152 Å². The van der Waals surface area contributed by atoms with Crippen LogP contribution >= 0.6 is 11.3 Å². The first kappa shape index (κ1) is 15.2. The lowest BCUT2D eigenvalue weighted by Gasteiger charge is -2.08. The molecular formula is C18H14N6OS. The molecule has 2 heterocycles. The van der Waals surface area contributed by atoms with E-state index >= 15 is 0 Å². The lowest BCUT2D eigenvalue weighted by molar-refractivity contribution is 0.102. The molecular weight excluding hydrogens is 348 g/mol. The van der Waals surface area contributed by atoms with Crippen LogP contribution in [0.25, 0.3) is 21.6 Å². The second-order valence-corrected chi connectivity index (χ2v) is 7.13. The maximum absolute atomic E-state index is 12.6. The molecule has 1 saturated carbocycles. The maximum atomic E-state index is 12.6. The number of hydrogen-bond acceptors (Lipinski definition) is 6. The predicted octanol–water partition coefficient (Wildman–Crippen LogP) is 3.54. The lowest BCUT2D eigenvalue weighted by atomic mass is 10.1. The number of carbonyl (C=O) groups excluding carboxylic acids is 1. The average molecular weight is 362 g/mol. The van der Waals surface area contributed by atoms with Crippen LogP contribution < -0.4 is 5.32 Å². The van der Waals surface area contributed by atoms with Crippen LogP contribution in [0, 0.1) is 0 Å². The van der Waals surface area contributed by atoms with Gasteiger partial charge in [-0.05, 0) is 53.6 Å². The number of fused-ring (bicyclic) bond motifs is 1. The van der Waals surface area contributed by atoms with Crippen molar-refractivity contribution in [3.63, 3.8) is 0 Å². The molecule has 7 nitrogen and oxygen atoms in total. The molecule has 0 saturated heterocycles. The second kappa shape index (κ2) is 5.99. The summed E-state index contributed by atoms with van der Waals surface area (Å²) in [7, 11) is 0. The molecule has 4 aromatic rings. The van der Waals surface area contributed by atoms with Gasteiger partial charge in [-0.15, -0.1) is 16.4 Å². The van der Waals surface area contributed by atoms with Crippen molar-refractivity contribution in [1.29, 1.82) is 0 Å². The quantitative estimate of drug-likeness (QED) is 0.600. The zero-order chi connectivity index (χ0) is 17.5. The summed E-state index contributed by atoms with van der Waals surface area (Å²) in [6.45, 7) is 0. The summed E-state index contributed by atoms with van der Waals surface area (Å²) in [5.41, 5.74) is 4.88. The van der Waals surface area contributed by atoms with Crippen LogP contribution in [0.1, 0.15) is 29.2 Å². The van der Waals surface area contributed by atoms with E-state index in [2.05, 4.69) is 25.8 Å². The van der Waals surface area contributed by atoms with Crippen LogP contribution in [0.4, 0.5) is 5.69 Å². The fourth-order valence-electron chi connectivity index (χ4n) is 2.88. The number of hydrogen-bond donors (Lipinski definition) is 1. The molecule has 0 unspecified atom stereocenters. The minimum Gasteiger partial charge on any atom is -0.322 e. The lowest BCUT2D eigenvalue weighted by Crippen LogP contribution is -2.11. The van der Waals surface area contributed by atoms with E-state index in [1.54, 1.807) is 11.6 Å². The van der Waals surface area contributed by atoms with Gasteiger partial charge in [0, 0.05) is 16.8 Å². The molecule has 8 heteroatoms. The van der Waals surface area contributed by atoms with Crippen molar-refractivity contribution in [3.8, 4) is 11.4 Å². The van der Waals surface area contributed by atoms with Crippen LogP contribution in [0.15, 0.2) is 48.0 Å². The van der Waals surface area contributed by atoms with E-state index < -0.39 is 0 Å². The Hall–Kier alpha value is -3.13. The number of aromatic nitrogens is 5. The monoisotopic (exact) mass is 362 g/mol. The highest BCUT2D eigenvalue weighted by molar-refractivity contribution is 7.16. The molecule has 0 atom stereocenters. The molecule has 2 aromatic carbocycles. The molecule has 0 bridgehead atoms. The van der Waals surface area contributed by atoms with Gasteiger partial charge in [0.05, 0.1) is 21.8 Å². The minimum absolute atomic E-state index is 0.153. The zero-order valence-corrected chi connectivity index (χ0v) is 14.5. The highest BCUT2D eigenvalue weighted by Crippen LogP contribution is 2.36. The Morgan fingerprint density at radius 1 is 1.19 bits per heavy atom. The van der Waals surface area contributed by atoms with Crippen molar-refractivity contribution in [2.24, 2.45) is 0 Å². The predicted molar refractivity (Wildman–Crippen MR) is 99.1 cm³/mol. The topological polar surface area (TPSA) is 85.6 Å². The fourth-order valence-corrected chi connectivity index (χ4v) is 3.60. The van der Waals surface area contributed by atoms with Crippen LogP contribution in [0.5, 0.6) is 0 Å². The summed E-state index contributed by atoms with van der Waals surface area (Å²) in [6.07, 6.45) is 2.21. The average Bonchev–Trinajstić information content (AvgIpc) is 3.20. The largest absolute Gasteiger partial charge is 0.322 e. The van der Waals surface area contributed by atoms with Crippen molar-refractivity contribution in [2.45, 2.75) is 18.9 Å². The van der Waals surface area contributed by atoms with Crippen molar-refractivity contribution < 1.29 is 4.79 Å². The van der Waals surface area contributed by atoms with Gasteiger partial charge in [-0.1, -0.05) is 12.1 Å². The molecule has 1 N–H and O–H groups in total. The number of rotatable bonds is 4. The summed E-state index contributed by atoms with van der Waals surface area (Å²) >= 11 is 1.52. The molecule has 0 spiro atoms. The SMILES string of the molecule is O=C(Nc1cccc(-c2nnnn2C2CC2)c1)c1ccc2ncsc2c1. The van der Waals surface area contributed by atoms with Crippen LogP contribution in [-0.4, -0.2) is 31.1 Å². The van der Waals surface area contributed by atoms with E-state index in [1.165, 1.54) is 11.3 Å². The fraction of sp³-hybridized carbons (Fsp3) is 0.167. The third-order valence-electron chi connectivity index (χ3n) is 4.36. The number of amides is 1. The first-order valence-corrected chi connectivity index (χ1v) is 9.19. The first-order valence-electron chi connectivity index (χ1n) is 8.31. The summed E-state index contributed by atoms with van der Waals surface area (Å²) in [4.78, 5) is 16.8. The molecule has 0 aliphatic heterocycles. The van der Waals surface area contributed by atoms with E-state index in [1.807, 2.05) is 41.1 Å². The number of nitrogens with one attached hydrogen (secondary N) is 1. The molecule has 1 aliphatic rings. The molecule has 26 heavy (non-hydrogen) atoms. The number of thiazole rings is 1. The zero-order valence-electron chi connectivity index (χ0n) is 13.7. The smallest absolute Gasteiger partial charge is 0.255 e. The first-order chi connectivity index (χ1) is 12.8. The number of tetrazole rings is 1.